The van der Waals surface area contributed by atoms with Gasteiger partial charge in [0.25, 0.3) is 0 Å². The van der Waals surface area contributed by atoms with Crippen LogP contribution in [0, 0.1) is 6.92 Å². The number of nitrogens with one attached hydrogen (secondary N) is 4. The van der Waals surface area contributed by atoms with E-state index in [-0.39, 0.29) is 63.8 Å². The zero-order valence-corrected chi connectivity index (χ0v) is 70.4. The monoisotopic (exact) mass is 1740 g/mol. The Labute approximate surface area is 713 Å². The normalized spacial score (nSPS) is 16.7. The first-order chi connectivity index (χ1) is 60.8. The average molecular weight is 1740 g/mol. The number of rotatable bonds is 10. The van der Waals surface area contributed by atoms with Crippen molar-refractivity contribution < 1.29 is 33.7 Å². The van der Waals surface area contributed by atoms with Crippen LogP contribution < -0.4 is 4.90 Å². The molecule has 125 heavy (non-hydrogen) atoms. The summed E-state index contributed by atoms with van der Waals surface area (Å²) in [6.45, 7) is 2.94. The quantitative estimate of drug-likeness (QED) is 0.0988. The largest absolute Gasteiger partial charge is 0.354 e. The maximum absolute atomic E-state index is 11.9. The zero-order chi connectivity index (χ0) is 84.9. The second-order valence-corrected chi connectivity index (χ2v) is 41.3. The number of nitrogens with zero attached hydrogens (tertiary/aromatic N) is 20. The van der Waals surface area contributed by atoms with Crippen LogP contribution in [0.1, 0.15) is 78.9 Å². The van der Waals surface area contributed by atoms with Gasteiger partial charge in [-0.1, -0.05) is 72.3 Å². The Hall–Kier alpha value is -14.0. The number of fused-ring (bicyclic) bond motifs is 14. The second kappa shape index (κ2) is 31.4. The third-order valence-electron chi connectivity index (χ3n) is 24.2. The van der Waals surface area contributed by atoms with Crippen molar-refractivity contribution in [2.75, 3.05) is 64.0 Å². The van der Waals surface area contributed by atoms with Gasteiger partial charge in [-0.05, 0) is 112 Å². The first-order valence-corrected chi connectivity index (χ1v) is 48.3. The van der Waals surface area contributed by atoms with E-state index < -0.39 is 39.3 Å². The number of pyridine rings is 5. The summed E-state index contributed by atoms with van der Waals surface area (Å²) in [5, 5.41) is 38.5. The summed E-state index contributed by atoms with van der Waals surface area (Å²) < 4.78 is 102. The molecule has 24 rings (SSSR count). The molecule has 4 fully saturated rings. The molecule has 626 valence electrons. The van der Waals surface area contributed by atoms with Crippen molar-refractivity contribution in [2.24, 2.45) is 0 Å². The highest BCUT2D eigenvalue weighted by Crippen LogP contribution is 2.41. The van der Waals surface area contributed by atoms with Gasteiger partial charge in [-0.2, -0.15) is 48.7 Å². The molecule has 21 heterocycles. The van der Waals surface area contributed by atoms with Gasteiger partial charge in [0.2, 0.25) is 0 Å². The summed E-state index contributed by atoms with van der Waals surface area (Å²) in [5.41, 5.74) is 22.9. The lowest BCUT2D eigenvalue weighted by Gasteiger charge is -2.28. The molecule has 17 aromatic heterocycles. The minimum absolute atomic E-state index is 0.0740. The summed E-state index contributed by atoms with van der Waals surface area (Å²) in [5.74, 6) is 2.54. The van der Waals surface area contributed by atoms with Gasteiger partial charge in [0.15, 0.2) is 43.7 Å². The maximum atomic E-state index is 11.9. The number of aromatic nitrogens is 23. The van der Waals surface area contributed by atoms with E-state index in [1.165, 1.54) is 5.56 Å². The maximum Gasteiger partial charge on any atom is 0.167 e. The molecule has 32 nitrogen and oxygen atoms in total. The first-order valence-electron chi connectivity index (χ1n) is 41.0. The standard InChI is InChI=1S/2C23H20N6O2S.C22H20N6O2S.C21H18N6O2S/c30-32(31)10-6-15(7-11-32)21-18-5-9-25-22(18)29-23(28-21)19(14-27-29)16-3-4-20(26-13-16)17-2-1-8-24-12-17;30-32(31)10-8-16(9-11-32)21-19-13-25-28-23(19)29-22(27-21)18(14-26-29)17-6-7-20(24-12-17)15-4-2-1-3-5-15;1-13-2-3-19-15(8-13)9-16(10-23-19)17-12-25-28-21(17)26-20(18-11-24-27-22(18)28)14-4-6-31(29,30)7-5-14;28-30(29)9-7-26(8-10-30)20-16-5-6-22-19(16)27-21(25-20)17(13-24-27)15-11-14-3-1-2-4-18(14)23-12-15/h1-5,8-9,12-15,25H,6-7,10-11H2;1-7,12-14,16H,8-11H2,(H,25,28);2-3,8-12,14H,4-7H2,1H3,(H,24,27);1-6,11-13,22H,7-10H2. The summed E-state index contributed by atoms with van der Waals surface area (Å²) >= 11 is 0. The second-order valence-electron chi connectivity index (χ2n) is 32.1. The summed E-state index contributed by atoms with van der Waals surface area (Å²) in [7, 11) is -11.8. The van der Waals surface area contributed by atoms with Crippen LogP contribution in [0.3, 0.4) is 0 Å². The molecule has 0 bridgehead atoms. The molecule has 4 saturated heterocycles. The van der Waals surface area contributed by atoms with Gasteiger partial charge in [0.1, 0.15) is 46.6 Å². The Morgan fingerprint density at radius 2 is 0.776 bits per heavy atom. The third kappa shape index (κ3) is 15.1. The highest BCUT2D eigenvalue weighted by Gasteiger charge is 2.34. The zero-order valence-electron chi connectivity index (χ0n) is 67.2. The van der Waals surface area contributed by atoms with Crippen molar-refractivity contribution >= 4 is 134 Å². The van der Waals surface area contributed by atoms with Crippen LogP contribution in [0.2, 0.25) is 0 Å². The molecule has 4 N–H and O–H groups in total. The van der Waals surface area contributed by atoms with Crippen LogP contribution in [-0.2, 0) is 39.3 Å². The summed E-state index contributed by atoms with van der Waals surface area (Å²) in [6, 6.07) is 44.2. The Balaban J connectivity index is 0.000000102. The van der Waals surface area contributed by atoms with Crippen molar-refractivity contribution in [3.8, 4) is 67.0 Å². The van der Waals surface area contributed by atoms with Gasteiger partial charge in [-0.3, -0.25) is 35.1 Å². The lowest BCUT2D eigenvalue weighted by molar-refractivity contribution is 0.545. The average Bonchev–Trinajstić information content (AvgIpc) is 1.62. The number of anilines is 1. The van der Waals surface area contributed by atoms with E-state index in [4.69, 9.17) is 19.9 Å². The predicted octanol–water partition coefficient (Wildman–Crippen LogP) is 13.3. The van der Waals surface area contributed by atoms with E-state index in [2.05, 4.69) is 107 Å². The minimum Gasteiger partial charge on any atom is -0.354 e. The predicted molar refractivity (Wildman–Crippen MR) is 479 cm³/mol. The summed E-state index contributed by atoms with van der Waals surface area (Å²) in [4.78, 5) is 51.1. The third-order valence-corrected chi connectivity index (χ3v) is 30.9. The highest BCUT2D eigenvalue weighted by atomic mass is 32.2. The van der Waals surface area contributed by atoms with Crippen LogP contribution in [0.15, 0.2) is 220 Å². The van der Waals surface area contributed by atoms with E-state index in [0.29, 0.717) is 68.6 Å². The lowest BCUT2D eigenvalue weighted by atomic mass is 9.96. The van der Waals surface area contributed by atoms with Gasteiger partial charge >= 0.3 is 0 Å². The van der Waals surface area contributed by atoms with E-state index in [1.54, 1.807) is 63.1 Å². The van der Waals surface area contributed by atoms with Crippen LogP contribution in [0.25, 0.3) is 156 Å². The molecular weight excluding hydrogens is 1660 g/mol. The molecule has 0 atom stereocenters. The summed E-state index contributed by atoms with van der Waals surface area (Å²) in [6.07, 6.45) is 28.8. The van der Waals surface area contributed by atoms with Crippen LogP contribution in [-0.4, -0.2) is 206 Å². The van der Waals surface area contributed by atoms with Crippen LogP contribution in [0.4, 0.5) is 5.82 Å². The minimum atomic E-state index is -2.97. The van der Waals surface area contributed by atoms with Gasteiger partial charge in [-0.25, -0.2) is 53.6 Å². The Bertz CT molecular complexity index is 7800. The Morgan fingerprint density at radius 3 is 1.29 bits per heavy atom. The molecule has 0 amide bonds. The van der Waals surface area contributed by atoms with Crippen molar-refractivity contribution in [2.45, 2.75) is 63.2 Å². The smallest absolute Gasteiger partial charge is 0.167 e. The van der Waals surface area contributed by atoms with Crippen LogP contribution in [0.5, 0.6) is 0 Å². The van der Waals surface area contributed by atoms with Crippen molar-refractivity contribution in [1.29, 1.82) is 0 Å². The van der Waals surface area contributed by atoms with Gasteiger partial charge in [0.05, 0.1) is 139 Å². The molecule has 0 radical (unpaired) electrons. The van der Waals surface area contributed by atoms with Gasteiger partial charge in [-0.15, -0.1) is 0 Å². The molecule has 20 aromatic rings. The molecular formula is C89H78N24O8S4. The van der Waals surface area contributed by atoms with E-state index >= 15 is 0 Å². The number of aromatic amines is 4. The molecule has 3 aromatic carbocycles. The molecule has 0 saturated carbocycles. The van der Waals surface area contributed by atoms with Gasteiger partial charge in [0, 0.05) is 152 Å². The fourth-order valence-electron chi connectivity index (χ4n) is 17.4. The molecule has 0 aliphatic carbocycles. The molecule has 4 aliphatic rings. The van der Waals surface area contributed by atoms with E-state index in [9.17, 15) is 33.7 Å². The number of hydrogen-bond acceptors (Lipinski definition) is 24. The molecule has 36 heteroatoms. The lowest BCUT2D eigenvalue weighted by Crippen LogP contribution is -2.40. The van der Waals surface area contributed by atoms with Crippen LogP contribution >= 0.6 is 0 Å². The highest BCUT2D eigenvalue weighted by molar-refractivity contribution is 7.92. The number of hydrogen-bond donors (Lipinski definition) is 4. The number of H-pyrrole nitrogens is 4. The Morgan fingerprint density at radius 1 is 0.344 bits per heavy atom. The fourth-order valence-corrected chi connectivity index (χ4v) is 23.1. The van der Waals surface area contributed by atoms with Crippen molar-refractivity contribution in [3.63, 3.8) is 0 Å². The molecule has 0 unspecified atom stereocenters. The topological polar surface area (TPSA) is 414 Å². The molecule has 0 spiro atoms. The number of aryl methyl sites for hydroxylation is 1. The van der Waals surface area contributed by atoms with Crippen molar-refractivity contribution in [1.82, 2.24) is 114 Å². The van der Waals surface area contributed by atoms with Gasteiger partial charge < -0.3 is 14.9 Å². The van der Waals surface area contributed by atoms with E-state index in [0.717, 1.165) is 162 Å². The molecule has 4 aliphatic heterocycles. The Kier molecular flexibility index (Phi) is 19.7. The first kappa shape index (κ1) is 78.3. The van der Waals surface area contributed by atoms with E-state index in [1.807, 2.05) is 156 Å². The number of benzene rings is 3. The number of sulfone groups is 4. The SMILES string of the molecule is Cc1ccc2ncc(-c3cnn4c3nc(C3CCS(=O)(=O)CC3)c3cn[nH]c34)cc2c1.O=S1(=O)CCC(c2nc3c(-c4ccc(-c5ccccc5)nc4)cnn3c3[nH]ncc23)CC1.O=S1(=O)CCC(c2nc3c(-c4ccc(-c5cccnc5)nc4)cnn3c3[nH]ccc23)CC1.O=S1(=O)CCN(c2nc3c(-c4cnc5ccccc5c4)cnn3c3[nH]ccc23)CC1. The fraction of sp³-hybridized carbons (Fsp3) is 0.225. The number of para-hydroxylation sites is 1. The van der Waals surface area contributed by atoms with Crippen molar-refractivity contribution in [3.05, 3.63) is 243 Å².